The molecule has 1 N–H and O–H groups in total. The number of aliphatic carboxylic acids is 1. The van der Waals surface area contributed by atoms with E-state index in [2.05, 4.69) is 31.9 Å². The van der Waals surface area contributed by atoms with Gasteiger partial charge >= 0.3 is 5.97 Å². The van der Waals surface area contributed by atoms with Crippen LogP contribution in [0.15, 0.2) is 21.1 Å². The summed E-state index contributed by atoms with van der Waals surface area (Å²) in [6, 6.07) is 3.50. The van der Waals surface area contributed by atoms with Gasteiger partial charge in [-0.1, -0.05) is 15.9 Å². The van der Waals surface area contributed by atoms with Crippen LogP contribution in [0.25, 0.3) is 0 Å². The highest BCUT2D eigenvalue weighted by atomic mass is 79.9. The average molecular weight is 393 g/mol. The summed E-state index contributed by atoms with van der Waals surface area (Å²) in [6.07, 6.45) is 1.64. The number of rotatable bonds is 4. The molecule has 0 radical (unpaired) electrons. The van der Waals surface area contributed by atoms with Crippen molar-refractivity contribution in [2.45, 2.75) is 25.4 Å². The lowest BCUT2D eigenvalue weighted by atomic mass is 10.1. The molecule has 1 saturated heterocycles. The molecule has 1 aromatic rings. The Bertz CT molecular complexity index is 493. The van der Waals surface area contributed by atoms with Crippen molar-refractivity contribution in [3.8, 4) is 5.75 Å². The summed E-state index contributed by atoms with van der Waals surface area (Å²) in [7, 11) is 1.62. The third kappa shape index (κ3) is 3.30. The molecule has 1 aliphatic rings. The zero-order valence-corrected chi connectivity index (χ0v) is 13.7. The van der Waals surface area contributed by atoms with Crippen LogP contribution >= 0.6 is 31.9 Å². The monoisotopic (exact) mass is 391 g/mol. The average Bonchev–Trinajstić information content (AvgIpc) is 2.76. The predicted molar refractivity (Wildman–Crippen MR) is 79.5 cm³/mol. The van der Waals surface area contributed by atoms with E-state index < -0.39 is 5.97 Å². The third-order valence-electron chi connectivity index (χ3n) is 3.31. The van der Waals surface area contributed by atoms with Crippen LogP contribution in [-0.2, 0) is 11.3 Å². The smallest absolute Gasteiger partial charge is 0.320 e. The molecule has 6 heteroatoms. The van der Waals surface area contributed by atoms with Gasteiger partial charge in [0.1, 0.15) is 11.8 Å². The molecule has 104 valence electrons. The zero-order valence-electron chi connectivity index (χ0n) is 10.5. The van der Waals surface area contributed by atoms with Gasteiger partial charge in [-0.25, -0.2) is 0 Å². The summed E-state index contributed by atoms with van der Waals surface area (Å²) in [5.74, 6) is 0.0183. The third-order valence-corrected chi connectivity index (χ3v) is 4.36. The van der Waals surface area contributed by atoms with Crippen LogP contribution in [0.1, 0.15) is 18.4 Å². The summed E-state index contributed by atoms with van der Waals surface area (Å²) in [6.45, 7) is 1.39. The molecule has 0 aliphatic carbocycles. The molecule has 0 amide bonds. The van der Waals surface area contributed by atoms with E-state index in [0.29, 0.717) is 13.0 Å². The van der Waals surface area contributed by atoms with E-state index in [1.54, 1.807) is 7.11 Å². The molecule has 0 bridgehead atoms. The Morgan fingerprint density at radius 1 is 1.53 bits per heavy atom. The first-order valence-corrected chi connectivity index (χ1v) is 7.60. The van der Waals surface area contributed by atoms with Crippen molar-refractivity contribution in [3.05, 3.63) is 26.6 Å². The van der Waals surface area contributed by atoms with Crippen LogP contribution in [0, 0.1) is 0 Å². The highest BCUT2D eigenvalue weighted by Crippen LogP contribution is 2.34. The Morgan fingerprint density at radius 2 is 2.26 bits per heavy atom. The second-order valence-electron chi connectivity index (χ2n) is 4.55. The fourth-order valence-electron chi connectivity index (χ4n) is 2.47. The van der Waals surface area contributed by atoms with Crippen molar-refractivity contribution in [2.75, 3.05) is 13.7 Å². The summed E-state index contributed by atoms with van der Waals surface area (Å²) in [5.41, 5.74) is 0.983. The van der Waals surface area contributed by atoms with E-state index in [1.165, 1.54) is 0 Å². The Hall–Kier alpha value is -0.590. The predicted octanol–water partition coefficient (Wildman–Crippen LogP) is 3.27. The van der Waals surface area contributed by atoms with Crippen molar-refractivity contribution < 1.29 is 14.6 Å². The number of ether oxygens (including phenoxy) is 1. The van der Waals surface area contributed by atoms with Gasteiger partial charge < -0.3 is 9.84 Å². The minimum atomic E-state index is -0.745. The summed E-state index contributed by atoms with van der Waals surface area (Å²) in [4.78, 5) is 13.2. The molecule has 1 heterocycles. The van der Waals surface area contributed by atoms with Crippen molar-refractivity contribution in [3.63, 3.8) is 0 Å². The maximum Gasteiger partial charge on any atom is 0.320 e. The van der Waals surface area contributed by atoms with Gasteiger partial charge in [-0.2, -0.15) is 0 Å². The van der Waals surface area contributed by atoms with Crippen molar-refractivity contribution >= 4 is 37.8 Å². The number of nitrogens with zero attached hydrogens (tertiary/aromatic N) is 1. The lowest BCUT2D eigenvalue weighted by Crippen LogP contribution is -2.35. The topological polar surface area (TPSA) is 49.8 Å². The maximum absolute atomic E-state index is 11.2. The molecule has 1 atom stereocenters. The molecular weight excluding hydrogens is 378 g/mol. The van der Waals surface area contributed by atoms with Gasteiger partial charge in [-0.05, 0) is 47.4 Å². The molecule has 1 unspecified atom stereocenters. The van der Waals surface area contributed by atoms with Crippen LogP contribution in [0.4, 0.5) is 0 Å². The first-order valence-electron chi connectivity index (χ1n) is 6.01. The van der Waals surface area contributed by atoms with Gasteiger partial charge in [-0.3, -0.25) is 9.69 Å². The highest BCUT2D eigenvalue weighted by molar-refractivity contribution is 9.11. The van der Waals surface area contributed by atoms with Gasteiger partial charge in [0, 0.05) is 16.6 Å². The normalized spacial score (nSPS) is 19.6. The van der Waals surface area contributed by atoms with Gasteiger partial charge in [-0.15, -0.1) is 0 Å². The molecule has 4 nitrogen and oxygen atoms in total. The molecule has 1 fully saturated rings. The Kier molecular flexibility index (Phi) is 4.86. The number of likely N-dealkylation sites (tertiary alicyclic amines) is 1. The van der Waals surface area contributed by atoms with Gasteiger partial charge in [0.05, 0.1) is 11.6 Å². The number of methoxy groups -OCH3 is 1. The van der Waals surface area contributed by atoms with Crippen LogP contribution in [0.5, 0.6) is 5.75 Å². The quantitative estimate of drug-likeness (QED) is 0.854. The Morgan fingerprint density at radius 3 is 2.89 bits per heavy atom. The van der Waals surface area contributed by atoms with Crippen LogP contribution in [0.3, 0.4) is 0 Å². The van der Waals surface area contributed by atoms with E-state index in [4.69, 9.17) is 4.74 Å². The maximum atomic E-state index is 11.2. The van der Waals surface area contributed by atoms with Gasteiger partial charge in [0.15, 0.2) is 0 Å². The minimum absolute atomic E-state index is 0.387. The van der Waals surface area contributed by atoms with Gasteiger partial charge in [0.2, 0.25) is 0 Å². The standard InChI is InChI=1S/C13H15Br2NO3/c1-19-12-8(5-9(14)6-10(12)15)7-16-4-2-3-11(16)13(17)18/h5-6,11H,2-4,7H2,1H3,(H,17,18). The van der Waals surface area contributed by atoms with Crippen molar-refractivity contribution in [1.82, 2.24) is 4.90 Å². The molecule has 19 heavy (non-hydrogen) atoms. The fraction of sp³-hybridized carbons (Fsp3) is 0.462. The number of halogens is 2. The number of carbonyl (C=O) groups is 1. The number of hydrogen-bond donors (Lipinski definition) is 1. The molecule has 0 saturated carbocycles. The first kappa shape index (κ1) is 14.8. The van der Waals surface area contributed by atoms with Crippen molar-refractivity contribution in [1.29, 1.82) is 0 Å². The summed E-state index contributed by atoms with van der Waals surface area (Å²) < 4.78 is 7.21. The minimum Gasteiger partial charge on any atom is -0.495 e. The van der Waals surface area contributed by atoms with Gasteiger partial charge in [0.25, 0.3) is 0 Å². The number of carboxylic acids is 1. The number of carboxylic acid groups (broad SMARTS) is 1. The fourth-order valence-corrected chi connectivity index (χ4v) is 3.95. The Balaban J connectivity index is 2.25. The molecular formula is C13H15Br2NO3. The number of benzene rings is 1. The molecule has 1 aliphatic heterocycles. The van der Waals surface area contributed by atoms with E-state index >= 15 is 0 Å². The molecule has 1 aromatic carbocycles. The Labute approximate surface area is 129 Å². The van der Waals surface area contributed by atoms with Crippen molar-refractivity contribution in [2.24, 2.45) is 0 Å². The van der Waals surface area contributed by atoms with E-state index in [9.17, 15) is 9.90 Å². The van der Waals surface area contributed by atoms with Crippen LogP contribution < -0.4 is 4.74 Å². The summed E-state index contributed by atoms with van der Waals surface area (Å²) in [5, 5.41) is 9.21. The van der Waals surface area contributed by atoms with E-state index in [0.717, 1.165) is 33.2 Å². The highest BCUT2D eigenvalue weighted by Gasteiger charge is 2.31. The second kappa shape index (κ2) is 6.24. The molecule has 0 aromatic heterocycles. The second-order valence-corrected chi connectivity index (χ2v) is 6.32. The summed E-state index contributed by atoms with van der Waals surface area (Å²) >= 11 is 6.91. The van der Waals surface area contributed by atoms with E-state index in [-0.39, 0.29) is 6.04 Å². The first-order chi connectivity index (χ1) is 9.02. The lowest BCUT2D eigenvalue weighted by Gasteiger charge is -2.22. The zero-order chi connectivity index (χ0) is 14.0. The van der Waals surface area contributed by atoms with Crippen LogP contribution in [0.2, 0.25) is 0 Å². The van der Waals surface area contributed by atoms with E-state index in [1.807, 2.05) is 17.0 Å². The number of hydrogen-bond acceptors (Lipinski definition) is 3. The largest absolute Gasteiger partial charge is 0.495 e. The van der Waals surface area contributed by atoms with Crippen LogP contribution in [-0.4, -0.2) is 35.7 Å². The SMILES string of the molecule is COc1c(Br)cc(Br)cc1CN1CCCC1C(=O)O. The molecule has 2 rings (SSSR count). The molecule has 0 spiro atoms. The lowest BCUT2D eigenvalue weighted by molar-refractivity contribution is -0.142.